The van der Waals surface area contributed by atoms with Crippen LogP contribution in [0.5, 0.6) is 11.5 Å². The number of benzene rings is 1. The minimum Gasteiger partial charge on any atom is -0.452 e. The highest BCUT2D eigenvalue weighted by molar-refractivity contribution is 9.10. The van der Waals surface area contributed by atoms with Gasteiger partial charge in [-0.15, -0.1) is 0 Å². The van der Waals surface area contributed by atoms with E-state index in [4.69, 9.17) is 4.74 Å². The SMILES string of the molecule is CCNCc1ccncc1Oc1cc(Br)ccc1F. The summed E-state index contributed by atoms with van der Waals surface area (Å²) < 4.78 is 20.0. The van der Waals surface area contributed by atoms with Crippen LogP contribution >= 0.6 is 15.9 Å². The molecule has 0 aliphatic rings. The molecule has 0 atom stereocenters. The van der Waals surface area contributed by atoms with Crippen molar-refractivity contribution < 1.29 is 9.13 Å². The summed E-state index contributed by atoms with van der Waals surface area (Å²) in [6.45, 7) is 3.53. The van der Waals surface area contributed by atoms with Gasteiger partial charge in [-0.05, 0) is 30.8 Å². The predicted octanol–water partition coefficient (Wildman–Crippen LogP) is 3.89. The van der Waals surface area contributed by atoms with Crippen molar-refractivity contribution >= 4 is 15.9 Å². The van der Waals surface area contributed by atoms with Crippen molar-refractivity contribution in [3.63, 3.8) is 0 Å². The molecule has 5 heteroatoms. The van der Waals surface area contributed by atoms with E-state index in [0.29, 0.717) is 12.3 Å². The topological polar surface area (TPSA) is 34.2 Å². The van der Waals surface area contributed by atoms with Gasteiger partial charge in [0.05, 0.1) is 6.20 Å². The minimum absolute atomic E-state index is 0.181. The number of aromatic nitrogens is 1. The third-order valence-electron chi connectivity index (χ3n) is 2.55. The second kappa shape index (κ2) is 6.63. The number of pyridine rings is 1. The van der Waals surface area contributed by atoms with E-state index in [1.54, 1.807) is 24.5 Å². The molecule has 0 unspecified atom stereocenters. The Bertz CT molecular complexity index is 563. The van der Waals surface area contributed by atoms with Gasteiger partial charge in [0.2, 0.25) is 0 Å². The molecule has 0 fully saturated rings. The molecule has 1 aromatic heterocycles. The molecule has 0 radical (unpaired) electrons. The summed E-state index contributed by atoms with van der Waals surface area (Å²) in [5.74, 6) is 0.335. The Hall–Kier alpha value is -1.46. The van der Waals surface area contributed by atoms with Gasteiger partial charge in [0.1, 0.15) is 5.75 Å². The number of nitrogens with one attached hydrogen (secondary N) is 1. The summed E-state index contributed by atoms with van der Waals surface area (Å²) in [6.07, 6.45) is 3.28. The van der Waals surface area contributed by atoms with E-state index in [9.17, 15) is 4.39 Å². The normalized spacial score (nSPS) is 10.5. The third kappa shape index (κ3) is 3.75. The minimum atomic E-state index is -0.401. The van der Waals surface area contributed by atoms with Crippen LogP contribution in [-0.4, -0.2) is 11.5 Å². The molecule has 2 rings (SSSR count). The van der Waals surface area contributed by atoms with E-state index in [-0.39, 0.29) is 5.75 Å². The highest BCUT2D eigenvalue weighted by atomic mass is 79.9. The Morgan fingerprint density at radius 2 is 2.16 bits per heavy atom. The molecule has 0 saturated heterocycles. The van der Waals surface area contributed by atoms with Crippen LogP contribution in [0.1, 0.15) is 12.5 Å². The van der Waals surface area contributed by atoms with E-state index < -0.39 is 5.82 Å². The lowest BCUT2D eigenvalue weighted by atomic mass is 10.2. The highest BCUT2D eigenvalue weighted by Gasteiger charge is 2.09. The van der Waals surface area contributed by atoms with Crippen LogP contribution in [0, 0.1) is 5.82 Å². The Kier molecular flexibility index (Phi) is 4.87. The quantitative estimate of drug-likeness (QED) is 0.906. The number of nitrogens with zero attached hydrogens (tertiary/aromatic N) is 1. The van der Waals surface area contributed by atoms with E-state index in [1.807, 2.05) is 13.0 Å². The first-order valence-corrected chi connectivity index (χ1v) is 6.76. The molecule has 3 nitrogen and oxygen atoms in total. The van der Waals surface area contributed by atoms with Gasteiger partial charge in [0.15, 0.2) is 11.6 Å². The molecule has 0 aliphatic carbocycles. The molecule has 1 heterocycles. The maximum absolute atomic E-state index is 13.7. The largest absolute Gasteiger partial charge is 0.452 e. The van der Waals surface area contributed by atoms with Crippen molar-refractivity contribution in [3.05, 3.63) is 52.5 Å². The molecule has 1 N–H and O–H groups in total. The first kappa shape index (κ1) is 14.0. The Balaban J connectivity index is 2.25. The van der Waals surface area contributed by atoms with Gasteiger partial charge in [-0.25, -0.2) is 4.39 Å². The fourth-order valence-electron chi connectivity index (χ4n) is 1.58. The number of hydrogen-bond acceptors (Lipinski definition) is 3. The number of ether oxygens (including phenoxy) is 1. The smallest absolute Gasteiger partial charge is 0.165 e. The lowest BCUT2D eigenvalue weighted by Gasteiger charge is -2.11. The van der Waals surface area contributed by atoms with Crippen LogP contribution in [0.4, 0.5) is 4.39 Å². The molecule has 1 aromatic carbocycles. The van der Waals surface area contributed by atoms with E-state index >= 15 is 0 Å². The summed E-state index contributed by atoms with van der Waals surface area (Å²) in [4.78, 5) is 4.01. The maximum Gasteiger partial charge on any atom is 0.165 e. The van der Waals surface area contributed by atoms with Crippen molar-refractivity contribution in [3.8, 4) is 11.5 Å². The van der Waals surface area contributed by atoms with Crippen LogP contribution in [0.3, 0.4) is 0 Å². The summed E-state index contributed by atoms with van der Waals surface area (Å²) >= 11 is 3.30. The number of hydrogen-bond donors (Lipinski definition) is 1. The zero-order chi connectivity index (χ0) is 13.7. The van der Waals surface area contributed by atoms with Crippen LogP contribution < -0.4 is 10.1 Å². The fraction of sp³-hybridized carbons (Fsp3) is 0.214. The van der Waals surface area contributed by atoms with Gasteiger partial charge >= 0.3 is 0 Å². The average Bonchev–Trinajstić information content (AvgIpc) is 2.42. The van der Waals surface area contributed by atoms with Gasteiger partial charge in [0.25, 0.3) is 0 Å². The molecule has 0 bridgehead atoms. The van der Waals surface area contributed by atoms with Gasteiger partial charge in [0, 0.05) is 22.8 Å². The summed E-state index contributed by atoms with van der Waals surface area (Å²) in [6, 6.07) is 6.44. The number of halogens is 2. The van der Waals surface area contributed by atoms with Gasteiger partial charge in [-0.3, -0.25) is 4.98 Å². The standard InChI is InChI=1S/C14H14BrFN2O/c1-2-17-8-10-5-6-18-9-14(10)19-13-7-11(15)3-4-12(13)16/h3-7,9,17H,2,8H2,1H3. The summed E-state index contributed by atoms with van der Waals surface area (Å²) in [7, 11) is 0. The number of rotatable bonds is 5. The van der Waals surface area contributed by atoms with Crippen molar-refractivity contribution in [1.29, 1.82) is 0 Å². The van der Waals surface area contributed by atoms with Gasteiger partial charge in [-0.2, -0.15) is 0 Å². The molecule has 2 aromatic rings. The lowest BCUT2D eigenvalue weighted by Crippen LogP contribution is -2.12. The van der Waals surface area contributed by atoms with Crippen LogP contribution in [0.15, 0.2) is 41.1 Å². The molecule has 0 amide bonds. The second-order valence-corrected chi connectivity index (χ2v) is 4.86. The monoisotopic (exact) mass is 324 g/mol. The molecular weight excluding hydrogens is 311 g/mol. The third-order valence-corrected chi connectivity index (χ3v) is 3.04. The van der Waals surface area contributed by atoms with Crippen molar-refractivity contribution in [2.45, 2.75) is 13.5 Å². The van der Waals surface area contributed by atoms with E-state index in [2.05, 4.69) is 26.2 Å². The molecule has 100 valence electrons. The van der Waals surface area contributed by atoms with Gasteiger partial charge < -0.3 is 10.1 Å². The van der Waals surface area contributed by atoms with Crippen molar-refractivity contribution in [2.24, 2.45) is 0 Å². The molecule has 0 saturated carbocycles. The Morgan fingerprint density at radius 1 is 1.32 bits per heavy atom. The maximum atomic E-state index is 13.7. The van der Waals surface area contributed by atoms with Crippen LogP contribution in [-0.2, 0) is 6.54 Å². The first-order valence-electron chi connectivity index (χ1n) is 5.97. The van der Waals surface area contributed by atoms with Gasteiger partial charge in [-0.1, -0.05) is 22.9 Å². The Labute approximate surface area is 119 Å². The molecular formula is C14H14BrFN2O. The van der Waals surface area contributed by atoms with Crippen LogP contribution in [0.2, 0.25) is 0 Å². The summed E-state index contributed by atoms with van der Waals surface area (Å²) in [5, 5.41) is 3.21. The van der Waals surface area contributed by atoms with Crippen molar-refractivity contribution in [2.75, 3.05) is 6.54 Å². The van der Waals surface area contributed by atoms with Crippen molar-refractivity contribution in [1.82, 2.24) is 10.3 Å². The first-order chi connectivity index (χ1) is 9.20. The predicted molar refractivity (Wildman–Crippen MR) is 75.8 cm³/mol. The molecule has 0 aliphatic heterocycles. The zero-order valence-electron chi connectivity index (χ0n) is 10.5. The lowest BCUT2D eigenvalue weighted by molar-refractivity contribution is 0.434. The Morgan fingerprint density at radius 3 is 2.95 bits per heavy atom. The fourth-order valence-corrected chi connectivity index (χ4v) is 1.92. The zero-order valence-corrected chi connectivity index (χ0v) is 12.1. The highest BCUT2D eigenvalue weighted by Crippen LogP contribution is 2.29. The van der Waals surface area contributed by atoms with Crippen LogP contribution in [0.25, 0.3) is 0 Å². The average molecular weight is 325 g/mol. The molecule has 0 spiro atoms. The summed E-state index contributed by atoms with van der Waals surface area (Å²) in [5.41, 5.74) is 0.941. The second-order valence-electron chi connectivity index (χ2n) is 3.94. The molecule has 19 heavy (non-hydrogen) atoms. The van der Waals surface area contributed by atoms with E-state index in [1.165, 1.54) is 6.07 Å². The van der Waals surface area contributed by atoms with E-state index in [0.717, 1.165) is 16.6 Å².